The van der Waals surface area contributed by atoms with E-state index in [-0.39, 0.29) is 11.2 Å². The highest BCUT2D eigenvalue weighted by Crippen LogP contribution is 2.33. The predicted octanol–water partition coefficient (Wildman–Crippen LogP) is 2.93. The average molecular weight is 280 g/mol. The lowest BCUT2D eigenvalue weighted by molar-refractivity contribution is 0.0809. The number of pyridine rings is 1. The maximum Gasteiger partial charge on any atom is 0.273 e. The van der Waals surface area contributed by atoms with Crippen molar-refractivity contribution in [2.75, 3.05) is 0 Å². The summed E-state index contributed by atoms with van der Waals surface area (Å²) in [6.45, 7) is 5.81. The van der Waals surface area contributed by atoms with Crippen LogP contribution in [0.15, 0.2) is 22.8 Å². The third kappa shape index (κ3) is 2.59. The minimum atomic E-state index is -0.294. The topological polar surface area (TPSA) is 56.0 Å². The van der Waals surface area contributed by atoms with Crippen LogP contribution in [0, 0.1) is 24.2 Å². The summed E-state index contributed by atoms with van der Waals surface area (Å²) in [6, 6.07) is 3.61. The average Bonchev–Trinajstić information content (AvgIpc) is 2.87. The number of oxazole rings is 1. The Morgan fingerprint density at radius 3 is 2.76 bits per heavy atom. The highest BCUT2D eigenvalue weighted by Gasteiger charge is 2.34. The second kappa shape index (κ2) is 4.85. The second-order valence-electron chi connectivity index (χ2n) is 5.95. The third-order valence-electron chi connectivity index (χ3n) is 3.74. The van der Waals surface area contributed by atoms with Crippen molar-refractivity contribution in [3.63, 3.8) is 0 Å². The Hall–Kier alpha value is -2.41. The van der Waals surface area contributed by atoms with Gasteiger partial charge in [-0.15, -0.1) is 0 Å². The number of carbonyl (C=O) groups excluding carboxylic acids is 1. The number of hydrogen-bond acceptors (Lipinski definition) is 4. The van der Waals surface area contributed by atoms with E-state index in [0.717, 1.165) is 29.8 Å². The molecule has 0 atom stereocenters. The summed E-state index contributed by atoms with van der Waals surface area (Å²) >= 11 is 0. The number of rotatable bonds is 0. The molecule has 2 heterocycles. The molecule has 2 aromatic rings. The highest BCUT2D eigenvalue weighted by atomic mass is 16.3. The number of carbonyl (C=O) groups is 1. The van der Waals surface area contributed by atoms with E-state index in [9.17, 15) is 4.79 Å². The molecule has 0 N–H and O–H groups in total. The van der Waals surface area contributed by atoms with Crippen LogP contribution in [0.4, 0.5) is 0 Å². The van der Waals surface area contributed by atoms with Crippen LogP contribution < -0.4 is 0 Å². The van der Waals surface area contributed by atoms with Gasteiger partial charge in [-0.2, -0.15) is 0 Å². The molecule has 1 aliphatic carbocycles. The quantitative estimate of drug-likeness (QED) is 0.696. The Labute approximate surface area is 123 Å². The molecule has 0 spiro atoms. The Morgan fingerprint density at radius 2 is 2.05 bits per heavy atom. The zero-order chi connectivity index (χ0) is 15.0. The van der Waals surface area contributed by atoms with Crippen molar-refractivity contribution >= 4 is 5.78 Å². The number of Topliss-reactive ketones (excluding diaryl/α,β-unsaturated/α-hetero) is 1. The lowest BCUT2D eigenvalue weighted by atomic mass is 9.75. The molecule has 3 rings (SSSR count). The van der Waals surface area contributed by atoms with Gasteiger partial charge in [-0.1, -0.05) is 13.8 Å². The first-order valence-electron chi connectivity index (χ1n) is 6.94. The lowest BCUT2D eigenvalue weighted by Crippen LogP contribution is -2.31. The summed E-state index contributed by atoms with van der Waals surface area (Å²) in [5, 5.41) is 0. The van der Waals surface area contributed by atoms with Gasteiger partial charge in [0.15, 0.2) is 5.78 Å². The first-order chi connectivity index (χ1) is 9.95. The van der Waals surface area contributed by atoms with E-state index in [0.29, 0.717) is 11.6 Å². The van der Waals surface area contributed by atoms with Crippen LogP contribution in [-0.2, 0) is 6.42 Å². The normalized spacial score (nSPS) is 16.0. The lowest BCUT2D eigenvalue weighted by Gasteiger charge is -2.28. The molecule has 0 fully saturated rings. The standard InChI is InChI=1S/C17H16N2O2/c1-11-10-21-15(18-11)7-5-12-4-6-13-14(19-12)8-9-17(2,3)16(13)20/h4,6,10H,8-9H2,1-3H3. The minimum Gasteiger partial charge on any atom is -0.438 e. The van der Waals surface area contributed by atoms with Gasteiger partial charge in [-0.25, -0.2) is 9.97 Å². The monoisotopic (exact) mass is 280 g/mol. The molecular weight excluding hydrogens is 264 g/mol. The molecule has 0 radical (unpaired) electrons. The van der Waals surface area contributed by atoms with Gasteiger partial charge >= 0.3 is 0 Å². The fourth-order valence-electron chi connectivity index (χ4n) is 2.41. The van der Waals surface area contributed by atoms with Crippen LogP contribution in [0.25, 0.3) is 0 Å². The Bertz CT molecular complexity index is 776. The van der Waals surface area contributed by atoms with Crippen LogP contribution in [0.2, 0.25) is 0 Å². The molecule has 0 amide bonds. The van der Waals surface area contributed by atoms with Gasteiger partial charge in [0.25, 0.3) is 5.89 Å². The summed E-state index contributed by atoms with van der Waals surface area (Å²) < 4.78 is 5.18. The van der Waals surface area contributed by atoms with E-state index < -0.39 is 0 Å². The van der Waals surface area contributed by atoms with Gasteiger partial charge in [0, 0.05) is 11.0 Å². The largest absolute Gasteiger partial charge is 0.438 e. The molecule has 0 aliphatic heterocycles. The molecule has 1 aliphatic rings. The van der Waals surface area contributed by atoms with Crippen molar-refractivity contribution in [2.24, 2.45) is 5.41 Å². The van der Waals surface area contributed by atoms with Gasteiger partial charge in [0.2, 0.25) is 0 Å². The third-order valence-corrected chi connectivity index (χ3v) is 3.74. The number of aryl methyl sites for hydroxylation is 2. The maximum absolute atomic E-state index is 12.3. The zero-order valence-electron chi connectivity index (χ0n) is 12.4. The van der Waals surface area contributed by atoms with Gasteiger partial charge in [-0.05, 0) is 43.7 Å². The van der Waals surface area contributed by atoms with Crippen LogP contribution in [0.1, 0.15) is 53.6 Å². The molecule has 4 heteroatoms. The summed E-state index contributed by atoms with van der Waals surface area (Å²) in [5.41, 5.74) is 2.71. The molecule has 0 saturated carbocycles. The number of aromatic nitrogens is 2. The van der Waals surface area contributed by atoms with Crippen molar-refractivity contribution < 1.29 is 9.21 Å². The van der Waals surface area contributed by atoms with E-state index in [1.54, 1.807) is 12.3 Å². The summed E-state index contributed by atoms with van der Waals surface area (Å²) in [5.74, 6) is 6.32. The summed E-state index contributed by atoms with van der Waals surface area (Å²) in [4.78, 5) is 20.9. The van der Waals surface area contributed by atoms with Crippen molar-refractivity contribution in [1.82, 2.24) is 9.97 Å². The van der Waals surface area contributed by atoms with E-state index in [4.69, 9.17) is 4.42 Å². The molecule has 0 unspecified atom stereocenters. The Kier molecular flexibility index (Phi) is 3.13. The number of nitrogens with zero attached hydrogens (tertiary/aromatic N) is 2. The maximum atomic E-state index is 12.3. The summed E-state index contributed by atoms with van der Waals surface area (Å²) in [6.07, 6.45) is 3.19. The molecule has 0 aromatic carbocycles. The van der Waals surface area contributed by atoms with Crippen LogP contribution in [0.3, 0.4) is 0 Å². The highest BCUT2D eigenvalue weighted by molar-refractivity contribution is 6.01. The van der Waals surface area contributed by atoms with Gasteiger partial charge in [-0.3, -0.25) is 4.79 Å². The van der Waals surface area contributed by atoms with Crippen LogP contribution in [0.5, 0.6) is 0 Å². The fourth-order valence-corrected chi connectivity index (χ4v) is 2.41. The minimum absolute atomic E-state index is 0.166. The van der Waals surface area contributed by atoms with Crippen molar-refractivity contribution in [2.45, 2.75) is 33.6 Å². The molecule has 0 bridgehead atoms. The molecule has 2 aromatic heterocycles. The first kappa shape index (κ1) is 13.6. The predicted molar refractivity (Wildman–Crippen MR) is 77.9 cm³/mol. The number of fused-ring (bicyclic) bond motifs is 1. The van der Waals surface area contributed by atoms with Crippen molar-refractivity contribution in [3.05, 3.63) is 46.9 Å². The first-order valence-corrected chi connectivity index (χ1v) is 6.94. The van der Waals surface area contributed by atoms with E-state index in [1.165, 1.54) is 0 Å². The van der Waals surface area contributed by atoms with E-state index >= 15 is 0 Å². The number of hydrogen-bond donors (Lipinski definition) is 0. The van der Waals surface area contributed by atoms with E-state index in [1.807, 2.05) is 26.8 Å². The second-order valence-corrected chi connectivity index (χ2v) is 5.95. The van der Waals surface area contributed by atoms with Crippen LogP contribution in [-0.4, -0.2) is 15.8 Å². The van der Waals surface area contributed by atoms with Gasteiger partial charge in [0.05, 0.1) is 11.4 Å². The zero-order valence-corrected chi connectivity index (χ0v) is 12.4. The van der Waals surface area contributed by atoms with E-state index in [2.05, 4.69) is 21.8 Å². The molecule has 4 nitrogen and oxygen atoms in total. The van der Waals surface area contributed by atoms with Crippen molar-refractivity contribution in [1.29, 1.82) is 0 Å². The van der Waals surface area contributed by atoms with Crippen molar-refractivity contribution in [3.8, 4) is 11.8 Å². The van der Waals surface area contributed by atoms with Crippen LogP contribution >= 0.6 is 0 Å². The summed E-state index contributed by atoms with van der Waals surface area (Å²) in [7, 11) is 0. The van der Waals surface area contributed by atoms with Gasteiger partial charge < -0.3 is 4.42 Å². The molecule has 106 valence electrons. The fraction of sp³-hybridized carbons (Fsp3) is 0.353. The molecular formula is C17H16N2O2. The Morgan fingerprint density at radius 1 is 1.24 bits per heavy atom. The smallest absolute Gasteiger partial charge is 0.273 e. The Balaban J connectivity index is 1.91. The molecule has 21 heavy (non-hydrogen) atoms. The SMILES string of the molecule is Cc1coc(C#Cc2ccc3c(n2)CCC(C)(C)C3=O)n1. The van der Waals surface area contributed by atoms with Gasteiger partial charge in [0.1, 0.15) is 12.0 Å². The number of ketones is 1. The molecule has 0 saturated heterocycles.